The molecule has 2 rings (SSSR count). The molecule has 0 spiro atoms. The summed E-state index contributed by atoms with van der Waals surface area (Å²) < 4.78 is 1.64. The molecule has 1 heterocycles. The third kappa shape index (κ3) is 2.49. The molecular formula is C12H19N3O. The summed E-state index contributed by atoms with van der Waals surface area (Å²) in [5.41, 5.74) is 0.799. The molecule has 0 radical (unpaired) electrons. The van der Waals surface area contributed by atoms with Gasteiger partial charge in [0.15, 0.2) is 0 Å². The number of carbonyl (C=O) groups is 1. The van der Waals surface area contributed by atoms with Gasteiger partial charge in [0.2, 0.25) is 0 Å². The first-order valence-corrected chi connectivity index (χ1v) is 6.07. The molecule has 0 bridgehead atoms. The summed E-state index contributed by atoms with van der Waals surface area (Å²) >= 11 is 0. The van der Waals surface area contributed by atoms with E-state index in [1.165, 1.54) is 12.8 Å². The molecule has 2 atom stereocenters. The van der Waals surface area contributed by atoms with Crippen LogP contribution in [0.4, 0.5) is 0 Å². The van der Waals surface area contributed by atoms with Crippen molar-refractivity contribution < 1.29 is 4.79 Å². The number of carbonyl (C=O) groups excluding carboxylic acids is 1. The molecule has 1 aromatic heterocycles. The minimum Gasteiger partial charge on any atom is -0.299 e. The number of rotatable bonds is 4. The SMILES string of the molecule is CCC1CCC(C(=O)Cc2cn(C)nn2)C1. The van der Waals surface area contributed by atoms with Gasteiger partial charge < -0.3 is 0 Å². The second-order valence-corrected chi connectivity index (χ2v) is 4.81. The number of ketones is 1. The lowest BCUT2D eigenvalue weighted by molar-refractivity contribution is -0.122. The number of nitrogens with zero attached hydrogens (tertiary/aromatic N) is 3. The fourth-order valence-electron chi connectivity index (χ4n) is 2.54. The zero-order chi connectivity index (χ0) is 11.5. The Morgan fingerprint density at radius 3 is 2.94 bits per heavy atom. The number of hydrogen-bond donors (Lipinski definition) is 0. The molecular weight excluding hydrogens is 202 g/mol. The third-order valence-corrected chi connectivity index (χ3v) is 3.58. The van der Waals surface area contributed by atoms with Gasteiger partial charge in [-0.25, -0.2) is 0 Å². The Bertz CT molecular complexity index is 372. The van der Waals surface area contributed by atoms with Crippen LogP contribution in [0.15, 0.2) is 6.20 Å². The van der Waals surface area contributed by atoms with Crippen molar-refractivity contribution in [1.29, 1.82) is 0 Å². The van der Waals surface area contributed by atoms with Crippen molar-refractivity contribution >= 4 is 5.78 Å². The Morgan fingerprint density at radius 2 is 2.38 bits per heavy atom. The van der Waals surface area contributed by atoms with Crippen LogP contribution in [0.25, 0.3) is 0 Å². The number of aromatic nitrogens is 3. The normalized spacial score (nSPS) is 24.9. The zero-order valence-electron chi connectivity index (χ0n) is 10.0. The molecule has 1 fully saturated rings. The smallest absolute Gasteiger partial charge is 0.142 e. The van der Waals surface area contributed by atoms with Crippen LogP contribution >= 0.6 is 0 Å². The maximum Gasteiger partial charge on any atom is 0.142 e. The molecule has 0 aliphatic heterocycles. The van der Waals surface area contributed by atoms with E-state index in [1.54, 1.807) is 4.68 Å². The van der Waals surface area contributed by atoms with Crippen molar-refractivity contribution in [3.05, 3.63) is 11.9 Å². The van der Waals surface area contributed by atoms with Crippen LogP contribution in [0.2, 0.25) is 0 Å². The average molecular weight is 221 g/mol. The minimum atomic E-state index is 0.270. The summed E-state index contributed by atoms with van der Waals surface area (Å²) in [7, 11) is 1.82. The van der Waals surface area contributed by atoms with E-state index >= 15 is 0 Å². The Morgan fingerprint density at radius 1 is 1.56 bits per heavy atom. The fraction of sp³-hybridized carbons (Fsp3) is 0.750. The molecule has 88 valence electrons. The van der Waals surface area contributed by atoms with Crippen molar-refractivity contribution in [3.8, 4) is 0 Å². The lowest BCUT2D eigenvalue weighted by atomic mass is 9.97. The molecule has 1 aliphatic rings. The van der Waals surface area contributed by atoms with Crippen molar-refractivity contribution in [3.63, 3.8) is 0 Å². The monoisotopic (exact) mass is 221 g/mol. The maximum atomic E-state index is 12.0. The van der Waals surface area contributed by atoms with Gasteiger partial charge in [0.05, 0.1) is 12.1 Å². The summed E-state index contributed by atoms with van der Waals surface area (Å²) in [4.78, 5) is 12.0. The largest absolute Gasteiger partial charge is 0.299 e. The lowest BCUT2D eigenvalue weighted by Crippen LogP contribution is -2.14. The van der Waals surface area contributed by atoms with E-state index in [9.17, 15) is 4.79 Å². The van der Waals surface area contributed by atoms with Gasteiger partial charge in [-0.3, -0.25) is 9.48 Å². The second kappa shape index (κ2) is 4.76. The molecule has 16 heavy (non-hydrogen) atoms. The molecule has 0 aromatic carbocycles. The van der Waals surface area contributed by atoms with Crippen LogP contribution in [0, 0.1) is 11.8 Å². The predicted octanol–water partition coefficient (Wildman–Crippen LogP) is 1.75. The third-order valence-electron chi connectivity index (χ3n) is 3.58. The topological polar surface area (TPSA) is 47.8 Å². The highest BCUT2D eigenvalue weighted by atomic mass is 16.1. The Labute approximate surface area is 96.0 Å². The van der Waals surface area contributed by atoms with E-state index < -0.39 is 0 Å². The van der Waals surface area contributed by atoms with Crippen LogP contribution in [0.3, 0.4) is 0 Å². The predicted molar refractivity (Wildman–Crippen MR) is 60.8 cm³/mol. The maximum absolute atomic E-state index is 12.0. The highest BCUT2D eigenvalue weighted by Crippen LogP contribution is 2.33. The van der Waals surface area contributed by atoms with E-state index in [0.717, 1.165) is 24.5 Å². The van der Waals surface area contributed by atoms with E-state index in [2.05, 4.69) is 17.2 Å². The quantitative estimate of drug-likeness (QED) is 0.778. The van der Waals surface area contributed by atoms with Gasteiger partial charge in [-0.05, 0) is 25.2 Å². The van der Waals surface area contributed by atoms with Crippen LogP contribution < -0.4 is 0 Å². The molecule has 4 heteroatoms. The Balaban J connectivity index is 1.89. The number of aryl methyl sites for hydroxylation is 1. The minimum absolute atomic E-state index is 0.270. The highest BCUT2D eigenvalue weighted by molar-refractivity contribution is 5.83. The van der Waals surface area contributed by atoms with Crippen LogP contribution in [0.5, 0.6) is 0 Å². The number of Topliss-reactive ketones (excluding diaryl/α,β-unsaturated/α-hetero) is 1. The van der Waals surface area contributed by atoms with Crippen molar-refractivity contribution in [2.45, 2.75) is 39.0 Å². The second-order valence-electron chi connectivity index (χ2n) is 4.81. The molecule has 1 aromatic rings. The first-order valence-electron chi connectivity index (χ1n) is 6.07. The van der Waals surface area contributed by atoms with Crippen LogP contribution in [-0.4, -0.2) is 20.8 Å². The Kier molecular flexibility index (Phi) is 3.36. The molecule has 0 N–H and O–H groups in total. The summed E-state index contributed by atoms with van der Waals surface area (Å²) in [6.07, 6.45) is 6.84. The van der Waals surface area contributed by atoms with Gasteiger partial charge in [0, 0.05) is 19.2 Å². The van der Waals surface area contributed by atoms with Crippen molar-refractivity contribution in [2.24, 2.45) is 18.9 Å². The van der Waals surface area contributed by atoms with E-state index in [1.807, 2.05) is 13.2 Å². The summed E-state index contributed by atoms with van der Waals surface area (Å²) in [5.74, 6) is 1.37. The van der Waals surface area contributed by atoms with Gasteiger partial charge in [-0.2, -0.15) is 0 Å². The lowest BCUT2D eigenvalue weighted by Gasteiger charge is -2.07. The van der Waals surface area contributed by atoms with Crippen molar-refractivity contribution in [2.75, 3.05) is 0 Å². The molecule has 0 saturated heterocycles. The molecule has 1 aliphatic carbocycles. The van der Waals surface area contributed by atoms with E-state index in [0.29, 0.717) is 12.2 Å². The zero-order valence-corrected chi connectivity index (χ0v) is 10.0. The highest BCUT2D eigenvalue weighted by Gasteiger charge is 2.28. The van der Waals surface area contributed by atoms with Crippen LogP contribution in [0.1, 0.15) is 38.3 Å². The van der Waals surface area contributed by atoms with Gasteiger partial charge in [-0.15, -0.1) is 5.10 Å². The van der Waals surface area contributed by atoms with E-state index in [-0.39, 0.29) is 5.92 Å². The first kappa shape index (κ1) is 11.3. The van der Waals surface area contributed by atoms with Gasteiger partial charge in [0.1, 0.15) is 5.78 Å². The number of hydrogen-bond acceptors (Lipinski definition) is 3. The standard InChI is InChI=1S/C12H19N3O/c1-3-9-4-5-10(6-9)12(16)7-11-8-15(2)14-13-11/h8-10H,3-7H2,1-2H3. The van der Waals surface area contributed by atoms with Gasteiger partial charge in [-0.1, -0.05) is 18.6 Å². The summed E-state index contributed by atoms with van der Waals surface area (Å²) in [5, 5.41) is 7.80. The molecule has 1 saturated carbocycles. The molecule has 4 nitrogen and oxygen atoms in total. The van der Waals surface area contributed by atoms with E-state index in [4.69, 9.17) is 0 Å². The molecule has 0 amide bonds. The average Bonchev–Trinajstić information content (AvgIpc) is 2.87. The van der Waals surface area contributed by atoms with Gasteiger partial charge >= 0.3 is 0 Å². The van der Waals surface area contributed by atoms with Gasteiger partial charge in [0.25, 0.3) is 0 Å². The van der Waals surface area contributed by atoms with Crippen LogP contribution in [-0.2, 0) is 18.3 Å². The Hall–Kier alpha value is -1.19. The summed E-state index contributed by atoms with van der Waals surface area (Å²) in [6, 6.07) is 0. The summed E-state index contributed by atoms with van der Waals surface area (Å²) in [6.45, 7) is 2.21. The molecule has 2 unspecified atom stereocenters. The fourth-order valence-corrected chi connectivity index (χ4v) is 2.54. The van der Waals surface area contributed by atoms with Crippen molar-refractivity contribution in [1.82, 2.24) is 15.0 Å². The first-order chi connectivity index (χ1) is 7.69.